The van der Waals surface area contributed by atoms with Crippen LogP contribution in [0.3, 0.4) is 0 Å². The highest BCUT2D eigenvalue weighted by molar-refractivity contribution is 7.92. The second kappa shape index (κ2) is 5.89. The summed E-state index contributed by atoms with van der Waals surface area (Å²) in [5.74, 6) is -0.590. The first-order valence-corrected chi connectivity index (χ1v) is 9.51. The van der Waals surface area contributed by atoms with Gasteiger partial charge in [-0.2, -0.15) is 0 Å². The molecule has 1 fully saturated rings. The van der Waals surface area contributed by atoms with Crippen LogP contribution in [0.2, 0.25) is 5.02 Å². The van der Waals surface area contributed by atoms with E-state index in [4.69, 9.17) is 29.6 Å². The fraction of sp³-hybridized carbons (Fsp3) is 0.235. The molecule has 1 saturated carbocycles. The first kappa shape index (κ1) is 16.4. The van der Waals surface area contributed by atoms with E-state index in [0.717, 1.165) is 11.1 Å². The fourth-order valence-corrected chi connectivity index (χ4v) is 5.74. The first-order valence-electron chi connectivity index (χ1n) is 7.18. The van der Waals surface area contributed by atoms with Gasteiger partial charge in [0, 0.05) is 16.9 Å². The minimum absolute atomic E-state index is 0.232. The predicted octanol–water partition coefficient (Wildman–Crippen LogP) is 3.49. The number of aryl methyl sites for hydroxylation is 1. The zero-order chi connectivity index (χ0) is 16.8. The van der Waals surface area contributed by atoms with Crippen LogP contribution in [0.25, 0.3) is 0 Å². The van der Waals surface area contributed by atoms with Crippen molar-refractivity contribution in [3.8, 4) is 0 Å². The van der Waals surface area contributed by atoms with Crippen LogP contribution in [-0.4, -0.2) is 18.7 Å². The minimum Gasteiger partial charge on any atom is -0.393 e. The number of nitrogens with two attached hydrogens (primary N) is 1. The van der Waals surface area contributed by atoms with Gasteiger partial charge in [-0.15, -0.1) is 0 Å². The van der Waals surface area contributed by atoms with Crippen molar-refractivity contribution in [1.82, 2.24) is 0 Å². The van der Waals surface area contributed by atoms with Crippen molar-refractivity contribution in [2.45, 2.75) is 23.0 Å². The quantitative estimate of drug-likeness (QED) is 0.842. The zero-order valence-corrected chi connectivity index (χ0v) is 14.8. The predicted molar refractivity (Wildman–Crippen MR) is 96.6 cm³/mol. The van der Waals surface area contributed by atoms with Crippen LogP contribution >= 0.6 is 23.8 Å². The van der Waals surface area contributed by atoms with E-state index >= 15 is 0 Å². The standard InChI is InChI=1S/C17H16ClNO2S2/c1-10-5-7-13(8-6-10)23(20,21)16-14(15(16)17(19)22)11-3-2-4-12(18)9-11/h2-9,14-16H,1H3,(H2,19,22)/t14-,15+,16+/m1/s1. The van der Waals surface area contributed by atoms with Gasteiger partial charge in [-0.25, -0.2) is 8.42 Å². The Morgan fingerprint density at radius 2 is 1.83 bits per heavy atom. The van der Waals surface area contributed by atoms with E-state index in [-0.39, 0.29) is 16.8 Å². The maximum atomic E-state index is 12.9. The number of benzene rings is 2. The van der Waals surface area contributed by atoms with Crippen molar-refractivity contribution in [2.75, 3.05) is 0 Å². The van der Waals surface area contributed by atoms with Gasteiger partial charge >= 0.3 is 0 Å². The number of thiocarbonyl (C=S) groups is 1. The molecule has 0 bridgehead atoms. The lowest BCUT2D eigenvalue weighted by Gasteiger charge is -2.05. The molecular formula is C17H16ClNO2S2. The molecule has 0 saturated heterocycles. The maximum absolute atomic E-state index is 12.9. The highest BCUT2D eigenvalue weighted by Crippen LogP contribution is 2.54. The molecule has 1 aliphatic rings. The number of sulfone groups is 1. The third kappa shape index (κ3) is 3.01. The summed E-state index contributed by atoms with van der Waals surface area (Å²) in [4.78, 5) is 0.537. The monoisotopic (exact) mass is 365 g/mol. The lowest BCUT2D eigenvalue weighted by atomic mass is 10.1. The van der Waals surface area contributed by atoms with Gasteiger partial charge in [-0.05, 0) is 36.8 Å². The van der Waals surface area contributed by atoms with Crippen molar-refractivity contribution in [3.05, 3.63) is 64.7 Å². The van der Waals surface area contributed by atoms with Crippen LogP contribution in [0.5, 0.6) is 0 Å². The third-order valence-corrected chi connectivity index (χ3v) is 6.96. The molecule has 2 N–H and O–H groups in total. The van der Waals surface area contributed by atoms with E-state index in [2.05, 4.69) is 0 Å². The molecule has 0 radical (unpaired) electrons. The number of hydrogen-bond acceptors (Lipinski definition) is 3. The van der Waals surface area contributed by atoms with Crippen LogP contribution in [0.4, 0.5) is 0 Å². The Labute approximate surface area is 146 Å². The van der Waals surface area contributed by atoms with Crippen molar-refractivity contribution in [1.29, 1.82) is 0 Å². The molecule has 0 aliphatic heterocycles. The summed E-state index contributed by atoms with van der Waals surface area (Å²) in [7, 11) is -3.50. The number of halogens is 1. The van der Waals surface area contributed by atoms with E-state index in [1.807, 2.05) is 19.1 Å². The molecule has 2 aromatic rings. The van der Waals surface area contributed by atoms with Crippen LogP contribution in [0.15, 0.2) is 53.4 Å². The van der Waals surface area contributed by atoms with E-state index in [1.54, 1.807) is 36.4 Å². The summed E-state index contributed by atoms with van der Waals surface area (Å²) in [6, 6.07) is 14.1. The number of hydrogen-bond donors (Lipinski definition) is 1. The highest BCUT2D eigenvalue weighted by atomic mass is 35.5. The van der Waals surface area contributed by atoms with E-state index in [1.165, 1.54) is 0 Å². The average molecular weight is 366 g/mol. The molecule has 0 unspecified atom stereocenters. The third-order valence-electron chi connectivity index (χ3n) is 4.22. The van der Waals surface area contributed by atoms with Gasteiger partial charge in [-0.1, -0.05) is 53.6 Å². The van der Waals surface area contributed by atoms with Crippen molar-refractivity contribution < 1.29 is 8.42 Å². The largest absolute Gasteiger partial charge is 0.393 e. The lowest BCUT2D eigenvalue weighted by Crippen LogP contribution is -2.17. The Morgan fingerprint density at radius 3 is 2.39 bits per heavy atom. The van der Waals surface area contributed by atoms with E-state index < -0.39 is 15.1 Å². The molecule has 0 amide bonds. The summed E-state index contributed by atoms with van der Waals surface area (Å²) in [5, 5.41) is -0.0521. The molecule has 6 heteroatoms. The molecule has 23 heavy (non-hydrogen) atoms. The van der Waals surface area contributed by atoms with Crippen LogP contribution in [-0.2, 0) is 9.84 Å². The Kier molecular flexibility index (Phi) is 4.21. The maximum Gasteiger partial charge on any atom is 0.182 e. The van der Waals surface area contributed by atoms with Crippen molar-refractivity contribution >= 4 is 38.6 Å². The summed E-state index contributed by atoms with van der Waals surface area (Å²) in [5.41, 5.74) is 7.66. The normalized spacial score (nSPS) is 23.5. The van der Waals surface area contributed by atoms with Crippen LogP contribution in [0.1, 0.15) is 17.0 Å². The first-order chi connectivity index (χ1) is 10.8. The molecule has 3 atom stereocenters. The Balaban J connectivity index is 2.00. The second-order valence-corrected chi connectivity index (χ2v) is 8.85. The Bertz CT molecular complexity index is 862. The highest BCUT2D eigenvalue weighted by Gasteiger charge is 2.60. The van der Waals surface area contributed by atoms with Crippen LogP contribution < -0.4 is 5.73 Å². The summed E-state index contributed by atoms with van der Waals surface area (Å²) >= 11 is 11.1. The second-order valence-electron chi connectivity index (χ2n) is 5.83. The zero-order valence-electron chi connectivity index (χ0n) is 12.4. The molecule has 1 aliphatic carbocycles. The molecule has 3 nitrogen and oxygen atoms in total. The van der Waals surface area contributed by atoms with Gasteiger partial charge in [0.2, 0.25) is 0 Å². The fourth-order valence-electron chi connectivity index (χ4n) is 3.00. The van der Waals surface area contributed by atoms with E-state index in [9.17, 15) is 8.42 Å². The van der Waals surface area contributed by atoms with Gasteiger partial charge in [-0.3, -0.25) is 0 Å². The molecule has 120 valence electrons. The molecule has 0 heterocycles. The smallest absolute Gasteiger partial charge is 0.182 e. The SMILES string of the molecule is Cc1ccc(S(=O)(=O)[C@@H]2[C@@H](C(N)=S)[C@H]2c2cccc(Cl)c2)cc1. The topological polar surface area (TPSA) is 60.2 Å². The molecule has 0 aromatic heterocycles. The van der Waals surface area contributed by atoms with Gasteiger partial charge in [0.05, 0.1) is 15.1 Å². The minimum atomic E-state index is -3.50. The van der Waals surface area contributed by atoms with E-state index in [0.29, 0.717) is 9.92 Å². The Morgan fingerprint density at radius 1 is 1.17 bits per heavy atom. The van der Waals surface area contributed by atoms with Crippen molar-refractivity contribution in [2.24, 2.45) is 11.7 Å². The summed E-state index contributed by atoms with van der Waals surface area (Å²) in [6.45, 7) is 1.92. The Hall–Kier alpha value is -1.43. The number of rotatable bonds is 4. The van der Waals surface area contributed by atoms with Gasteiger partial charge < -0.3 is 5.73 Å². The van der Waals surface area contributed by atoms with Gasteiger partial charge in [0.25, 0.3) is 0 Å². The lowest BCUT2D eigenvalue weighted by molar-refractivity contribution is 0.593. The molecule has 3 rings (SSSR count). The molecule has 2 aromatic carbocycles. The van der Waals surface area contributed by atoms with Crippen molar-refractivity contribution in [3.63, 3.8) is 0 Å². The summed E-state index contributed by atoms with van der Waals surface area (Å²) < 4.78 is 25.9. The van der Waals surface area contributed by atoms with Gasteiger partial charge in [0.1, 0.15) is 0 Å². The van der Waals surface area contributed by atoms with Crippen LogP contribution in [0, 0.1) is 12.8 Å². The van der Waals surface area contributed by atoms with Gasteiger partial charge in [0.15, 0.2) is 9.84 Å². The molecule has 0 spiro atoms. The summed E-state index contributed by atoms with van der Waals surface area (Å²) in [6.07, 6.45) is 0. The molecular weight excluding hydrogens is 350 g/mol. The average Bonchev–Trinajstić information content (AvgIpc) is 3.24.